The average Bonchev–Trinajstić information content (AvgIpc) is 2.71. The Hall–Kier alpha value is -0.630. The van der Waals surface area contributed by atoms with Crippen molar-refractivity contribution in [1.29, 1.82) is 0 Å². The van der Waals surface area contributed by atoms with Gasteiger partial charge >= 0.3 is 0 Å². The molecule has 0 aliphatic heterocycles. The number of halogens is 1. The van der Waals surface area contributed by atoms with Crippen LogP contribution in [0, 0.1) is 5.92 Å². The van der Waals surface area contributed by atoms with Gasteiger partial charge in [0, 0.05) is 6.54 Å². The van der Waals surface area contributed by atoms with Crippen LogP contribution in [0.15, 0.2) is 16.3 Å². The van der Waals surface area contributed by atoms with Gasteiger partial charge in [0.1, 0.15) is 4.21 Å². The molecule has 102 valence electrons. The molecule has 18 heavy (non-hydrogen) atoms. The number of thiophene rings is 1. The number of rotatable bonds is 6. The normalized spacial score (nSPS) is 11.8. The van der Waals surface area contributed by atoms with Gasteiger partial charge in [-0.05, 0) is 18.1 Å². The Labute approximate surface area is 116 Å². The van der Waals surface area contributed by atoms with Crippen molar-refractivity contribution in [1.82, 2.24) is 10.0 Å². The third-order valence-corrected chi connectivity index (χ3v) is 5.07. The summed E-state index contributed by atoms with van der Waals surface area (Å²) in [7, 11) is -3.65. The Balaban J connectivity index is 2.50. The second-order valence-corrected chi connectivity index (χ2v) is 7.79. The maximum absolute atomic E-state index is 11.7. The Morgan fingerprint density at radius 2 is 2.11 bits per heavy atom. The maximum atomic E-state index is 11.7. The van der Waals surface area contributed by atoms with Gasteiger partial charge in [-0.1, -0.05) is 25.4 Å². The van der Waals surface area contributed by atoms with Crippen LogP contribution < -0.4 is 10.0 Å². The second-order valence-electron chi connectivity index (χ2n) is 4.08. The molecule has 0 aromatic carbocycles. The van der Waals surface area contributed by atoms with E-state index in [9.17, 15) is 13.2 Å². The molecule has 0 aliphatic carbocycles. The van der Waals surface area contributed by atoms with Gasteiger partial charge in [0.2, 0.25) is 5.91 Å². The molecular formula is C10H15ClN2O3S2. The third kappa shape index (κ3) is 4.93. The van der Waals surface area contributed by atoms with Gasteiger partial charge in [-0.3, -0.25) is 4.79 Å². The van der Waals surface area contributed by atoms with Crippen LogP contribution in [0.4, 0.5) is 0 Å². The van der Waals surface area contributed by atoms with E-state index in [-0.39, 0.29) is 16.7 Å². The third-order valence-electron chi connectivity index (χ3n) is 1.94. The van der Waals surface area contributed by atoms with Gasteiger partial charge in [0.25, 0.3) is 10.0 Å². The van der Waals surface area contributed by atoms with Crippen molar-refractivity contribution in [2.45, 2.75) is 18.1 Å². The summed E-state index contributed by atoms with van der Waals surface area (Å²) in [4.78, 5) is 11.4. The zero-order valence-electron chi connectivity index (χ0n) is 10.1. The predicted molar refractivity (Wildman–Crippen MR) is 72.4 cm³/mol. The molecular weight excluding hydrogens is 296 g/mol. The number of carbonyl (C=O) groups is 1. The van der Waals surface area contributed by atoms with Gasteiger partial charge < -0.3 is 5.32 Å². The molecule has 1 amide bonds. The van der Waals surface area contributed by atoms with Crippen molar-refractivity contribution in [2.24, 2.45) is 5.92 Å². The van der Waals surface area contributed by atoms with Crippen LogP contribution in [-0.2, 0) is 14.8 Å². The Bertz CT molecular complexity index is 511. The molecule has 0 atom stereocenters. The molecule has 0 bridgehead atoms. The van der Waals surface area contributed by atoms with E-state index in [2.05, 4.69) is 10.0 Å². The summed E-state index contributed by atoms with van der Waals surface area (Å²) in [5, 5.41) is 2.62. The quantitative estimate of drug-likeness (QED) is 0.835. The highest BCUT2D eigenvalue weighted by molar-refractivity contribution is 7.91. The fourth-order valence-corrected chi connectivity index (χ4v) is 3.56. The minimum atomic E-state index is -3.65. The summed E-state index contributed by atoms with van der Waals surface area (Å²) < 4.78 is 26.2. The van der Waals surface area contributed by atoms with Crippen LogP contribution >= 0.6 is 22.9 Å². The Kier molecular flexibility index (Phi) is 5.58. The van der Waals surface area contributed by atoms with Crippen LogP contribution in [0.5, 0.6) is 0 Å². The monoisotopic (exact) mass is 310 g/mol. The number of hydrogen-bond acceptors (Lipinski definition) is 4. The highest BCUT2D eigenvalue weighted by atomic mass is 35.5. The predicted octanol–water partition coefficient (Wildman–Crippen LogP) is 1.45. The summed E-state index contributed by atoms with van der Waals surface area (Å²) in [6.07, 6.45) is 0. The van der Waals surface area contributed by atoms with E-state index in [0.717, 1.165) is 11.3 Å². The zero-order valence-corrected chi connectivity index (χ0v) is 12.5. The van der Waals surface area contributed by atoms with E-state index >= 15 is 0 Å². The van der Waals surface area contributed by atoms with Crippen molar-refractivity contribution in [3.8, 4) is 0 Å². The van der Waals surface area contributed by atoms with Gasteiger partial charge in [-0.25, -0.2) is 13.1 Å². The summed E-state index contributed by atoms with van der Waals surface area (Å²) in [6.45, 7) is 4.16. The molecule has 1 rings (SSSR count). The smallest absolute Gasteiger partial charge is 0.250 e. The molecule has 5 nitrogen and oxygen atoms in total. The van der Waals surface area contributed by atoms with Crippen LogP contribution in [0.25, 0.3) is 0 Å². The van der Waals surface area contributed by atoms with Crippen molar-refractivity contribution >= 4 is 38.9 Å². The second kappa shape index (κ2) is 6.51. The summed E-state index contributed by atoms with van der Waals surface area (Å²) in [5.41, 5.74) is 0. The van der Waals surface area contributed by atoms with Crippen LogP contribution in [-0.4, -0.2) is 27.4 Å². The fourth-order valence-electron chi connectivity index (χ4n) is 1.05. The molecule has 0 saturated carbocycles. The summed E-state index contributed by atoms with van der Waals surface area (Å²) in [6, 6.07) is 2.90. The lowest BCUT2D eigenvalue weighted by molar-refractivity contribution is -0.120. The first-order valence-corrected chi connectivity index (χ1v) is 8.00. The van der Waals surface area contributed by atoms with E-state index in [1.807, 2.05) is 13.8 Å². The minimum Gasteiger partial charge on any atom is -0.355 e. The number of sulfonamides is 1. The van der Waals surface area contributed by atoms with E-state index in [0.29, 0.717) is 16.8 Å². The lowest BCUT2D eigenvalue weighted by Crippen LogP contribution is -2.38. The average molecular weight is 311 g/mol. The highest BCUT2D eigenvalue weighted by Crippen LogP contribution is 2.25. The van der Waals surface area contributed by atoms with E-state index in [1.165, 1.54) is 12.1 Å². The Morgan fingerprint density at radius 3 is 2.61 bits per heavy atom. The standard InChI is InChI=1S/C10H15ClN2O3S2/c1-7(2)5-12-9(14)6-13-18(15,16)10-4-3-8(11)17-10/h3-4,7,13H,5-6H2,1-2H3,(H,12,14). The first kappa shape index (κ1) is 15.4. The zero-order chi connectivity index (χ0) is 13.8. The van der Waals surface area contributed by atoms with Gasteiger partial charge in [0.05, 0.1) is 10.9 Å². The number of hydrogen-bond donors (Lipinski definition) is 2. The van der Waals surface area contributed by atoms with Crippen LogP contribution in [0.2, 0.25) is 4.34 Å². The SMILES string of the molecule is CC(C)CNC(=O)CNS(=O)(=O)c1ccc(Cl)s1. The van der Waals surface area contributed by atoms with Gasteiger partial charge in [-0.15, -0.1) is 11.3 Å². The molecule has 0 fully saturated rings. The minimum absolute atomic E-state index is 0.101. The largest absolute Gasteiger partial charge is 0.355 e. The lowest BCUT2D eigenvalue weighted by Gasteiger charge is -2.08. The van der Waals surface area contributed by atoms with E-state index in [1.54, 1.807) is 0 Å². The molecule has 0 saturated heterocycles. The molecule has 0 aliphatic rings. The number of nitrogens with one attached hydrogen (secondary N) is 2. The molecule has 0 radical (unpaired) electrons. The molecule has 1 heterocycles. The summed E-state index contributed by atoms with van der Waals surface area (Å²) in [5.74, 6) is -0.0309. The Morgan fingerprint density at radius 1 is 1.44 bits per heavy atom. The first-order valence-electron chi connectivity index (χ1n) is 5.33. The van der Waals surface area contributed by atoms with Crippen LogP contribution in [0.3, 0.4) is 0 Å². The summed E-state index contributed by atoms with van der Waals surface area (Å²) >= 11 is 6.61. The van der Waals surface area contributed by atoms with E-state index < -0.39 is 10.0 Å². The van der Waals surface area contributed by atoms with Crippen LogP contribution in [0.1, 0.15) is 13.8 Å². The van der Waals surface area contributed by atoms with E-state index in [4.69, 9.17) is 11.6 Å². The van der Waals surface area contributed by atoms with Gasteiger partial charge in [-0.2, -0.15) is 0 Å². The molecule has 1 aromatic rings. The fraction of sp³-hybridized carbons (Fsp3) is 0.500. The highest BCUT2D eigenvalue weighted by Gasteiger charge is 2.17. The first-order chi connectivity index (χ1) is 8.31. The number of amides is 1. The molecule has 2 N–H and O–H groups in total. The molecule has 1 aromatic heterocycles. The van der Waals surface area contributed by atoms with Gasteiger partial charge in [0.15, 0.2) is 0 Å². The lowest BCUT2D eigenvalue weighted by atomic mass is 10.2. The topological polar surface area (TPSA) is 75.3 Å². The molecule has 8 heteroatoms. The molecule has 0 unspecified atom stereocenters. The number of carbonyl (C=O) groups excluding carboxylic acids is 1. The molecule has 0 spiro atoms. The maximum Gasteiger partial charge on any atom is 0.250 e. The van der Waals surface area contributed by atoms with Crippen molar-refractivity contribution in [2.75, 3.05) is 13.1 Å². The van der Waals surface area contributed by atoms with Crippen molar-refractivity contribution in [3.05, 3.63) is 16.5 Å². The van der Waals surface area contributed by atoms with Crippen molar-refractivity contribution in [3.63, 3.8) is 0 Å². The van der Waals surface area contributed by atoms with Crippen molar-refractivity contribution < 1.29 is 13.2 Å².